The van der Waals surface area contributed by atoms with Gasteiger partial charge in [-0.15, -0.1) is 0 Å². The zero-order valence-electron chi connectivity index (χ0n) is 8.70. The fourth-order valence-electron chi connectivity index (χ4n) is 0.981. The van der Waals surface area contributed by atoms with E-state index in [1.165, 1.54) is 11.8 Å². The molecule has 0 aliphatic carbocycles. The Morgan fingerprint density at radius 1 is 1.59 bits per heavy atom. The molecule has 0 unspecified atom stereocenters. The number of nitriles is 1. The molecule has 9 heteroatoms. The summed E-state index contributed by atoms with van der Waals surface area (Å²) in [6.45, 7) is 0.00282. The molecule has 0 atom stereocenters. The maximum absolute atomic E-state index is 11.2. The summed E-state index contributed by atoms with van der Waals surface area (Å²) in [5, 5.41) is 11.0. The van der Waals surface area contributed by atoms with Crippen LogP contribution in [0.3, 0.4) is 0 Å². The van der Waals surface area contributed by atoms with Crippen molar-refractivity contribution in [1.29, 1.82) is 5.26 Å². The van der Waals surface area contributed by atoms with Crippen LogP contribution in [0.1, 0.15) is 5.69 Å². The number of nitrogens with one attached hydrogen (secondary N) is 3. The summed E-state index contributed by atoms with van der Waals surface area (Å²) in [6.07, 6.45) is 3.45. The Morgan fingerprint density at radius 2 is 2.29 bits per heavy atom. The molecule has 0 aliphatic rings. The number of hydrogen-bond donors (Lipinski definition) is 3. The Hall–Kier alpha value is -1.72. The quantitative estimate of drug-likeness (QED) is 0.304. The summed E-state index contributed by atoms with van der Waals surface area (Å²) in [4.78, 5) is 30.5. The van der Waals surface area contributed by atoms with E-state index in [0.29, 0.717) is 5.17 Å². The zero-order chi connectivity index (χ0) is 12.8. The first-order valence-electron chi connectivity index (χ1n) is 4.33. The van der Waals surface area contributed by atoms with Crippen LogP contribution >= 0.6 is 23.4 Å². The van der Waals surface area contributed by atoms with E-state index in [0.717, 1.165) is 0 Å². The van der Waals surface area contributed by atoms with Crippen LogP contribution in [0.4, 0.5) is 0 Å². The first-order chi connectivity index (χ1) is 8.08. The highest BCUT2D eigenvalue weighted by Crippen LogP contribution is 2.07. The van der Waals surface area contributed by atoms with Crippen molar-refractivity contribution in [3.63, 3.8) is 0 Å². The van der Waals surface area contributed by atoms with Crippen LogP contribution in [-0.4, -0.2) is 21.4 Å². The van der Waals surface area contributed by atoms with E-state index in [-0.39, 0.29) is 17.3 Å². The van der Waals surface area contributed by atoms with Crippen molar-refractivity contribution in [2.24, 2.45) is 4.99 Å². The van der Waals surface area contributed by atoms with Crippen molar-refractivity contribution >= 4 is 28.5 Å². The van der Waals surface area contributed by atoms with E-state index in [9.17, 15) is 9.59 Å². The Balaban J connectivity index is 3.01. The average Bonchev–Trinajstić information content (AvgIpc) is 2.30. The van der Waals surface area contributed by atoms with Gasteiger partial charge in [0.25, 0.3) is 5.56 Å². The lowest BCUT2D eigenvalue weighted by atomic mass is 10.4. The first-order valence-corrected chi connectivity index (χ1v) is 5.93. The van der Waals surface area contributed by atoms with Gasteiger partial charge in [0.05, 0.1) is 12.2 Å². The lowest BCUT2D eigenvalue weighted by Crippen LogP contribution is -2.24. The molecule has 1 aromatic rings. The maximum atomic E-state index is 11.2. The lowest BCUT2D eigenvalue weighted by Gasteiger charge is -2.01. The van der Waals surface area contributed by atoms with Gasteiger partial charge >= 0.3 is 5.69 Å². The molecule has 0 spiro atoms. The van der Waals surface area contributed by atoms with Gasteiger partial charge in [-0.3, -0.25) is 20.1 Å². The molecule has 1 heterocycles. The van der Waals surface area contributed by atoms with Gasteiger partial charge in [-0.05, 0) is 6.26 Å². The number of halogens is 1. The van der Waals surface area contributed by atoms with Gasteiger partial charge < -0.3 is 4.98 Å². The zero-order valence-corrected chi connectivity index (χ0v) is 10.3. The van der Waals surface area contributed by atoms with Gasteiger partial charge in [-0.2, -0.15) is 5.26 Å². The predicted molar refractivity (Wildman–Crippen MR) is 66.1 cm³/mol. The molecule has 17 heavy (non-hydrogen) atoms. The number of amidine groups is 1. The molecule has 0 aromatic carbocycles. The first kappa shape index (κ1) is 13.3. The Kier molecular flexibility index (Phi) is 4.81. The molecule has 1 rings (SSSR count). The van der Waals surface area contributed by atoms with Crippen LogP contribution < -0.4 is 16.6 Å². The van der Waals surface area contributed by atoms with Gasteiger partial charge in [0, 0.05) is 0 Å². The minimum Gasteiger partial charge on any atom is -0.308 e. The number of H-pyrrole nitrogens is 2. The molecule has 3 N–H and O–H groups in total. The summed E-state index contributed by atoms with van der Waals surface area (Å²) in [7, 11) is 0. The summed E-state index contributed by atoms with van der Waals surface area (Å²) < 4.78 is 0. The second-order valence-electron chi connectivity index (χ2n) is 2.76. The summed E-state index contributed by atoms with van der Waals surface area (Å²) in [5.74, 6) is 0. The molecule has 0 saturated carbocycles. The van der Waals surface area contributed by atoms with E-state index in [1.54, 1.807) is 12.4 Å². The molecule has 0 aliphatic heterocycles. The molecular formula is C8H8ClN5O2S. The largest absolute Gasteiger partial charge is 0.326 e. The van der Waals surface area contributed by atoms with Crippen molar-refractivity contribution in [3.05, 3.63) is 31.6 Å². The van der Waals surface area contributed by atoms with Crippen LogP contribution in [0.5, 0.6) is 0 Å². The van der Waals surface area contributed by atoms with E-state index >= 15 is 0 Å². The van der Waals surface area contributed by atoms with Gasteiger partial charge in [0.1, 0.15) is 5.02 Å². The molecule has 90 valence electrons. The Bertz CT molecular complexity index is 585. The molecule has 0 amide bonds. The number of rotatable bonds is 2. The van der Waals surface area contributed by atoms with Crippen LogP contribution in [0.15, 0.2) is 14.6 Å². The van der Waals surface area contributed by atoms with Crippen molar-refractivity contribution in [2.75, 3.05) is 6.26 Å². The highest BCUT2D eigenvalue weighted by molar-refractivity contribution is 8.13. The SMILES string of the molecule is CSC(=NCc1[nH]c(=O)[nH]c(=O)c1Cl)NC#N. The topological polar surface area (TPSA) is 114 Å². The van der Waals surface area contributed by atoms with E-state index in [4.69, 9.17) is 16.9 Å². The third kappa shape index (κ3) is 3.65. The normalized spacial score (nSPS) is 11.0. The van der Waals surface area contributed by atoms with Crippen molar-refractivity contribution in [2.45, 2.75) is 6.54 Å². The summed E-state index contributed by atoms with van der Waals surface area (Å²) in [5.41, 5.74) is -1.12. The van der Waals surface area contributed by atoms with E-state index in [1.807, 2.05) is 4.98 Å². The highest BCUT2D eigenvalue weighted by Gasteiger charge is 2.06. The number of hydrogen-bond acceptors (Lipinski definition) is 5. The molecule has 0 saturated heterocycles. The van der Waals surface area contributed by atoms with Gasteiger partial charge in [-0.1, -0.05) is 23.4 Å². The Morgan fingerprint density at radius 3 is 2.88 bits per heavy atom. The van der Waals surface area contributed by atoms with E-state index < -0.39 is 11.2 Å². The lowest BCUT2D eigenvalue weighted by molar-refractivity contribution is 0.913. The van der Waals surface area contributed by atoms with Crippen molar-refractivity contribution in [3.8, 4) is 6.19 Å². The van der Waals surface area contributed by atoms with Crippen LogP contribution in [0.25, 0.3) is 0 Å². The Labute approximate surface area is 105 Å². The molecule has 0 fully saturated rings. The van der Waals surface area contributed by atoms with Crippen molar-refractivity contribution < 1.29 is 0 Å². The minimum absolute atomic E-state index is 0.00282. The predicted octanol–water partition coefficient (Wildman–Crippen LogP) is 0.00628. The molecule has 0 radical (unpaired) electrons. The average molecular weight is 274 g/mol. The second-order valence-corrected chi connectivity index (χ2v) is 3.94. The van der Waals surface area contributed by atoms with Crippen LogP contribution in [0.2, 0.25) is 5.02 Å². The molecule has 7 nitrogen and oxygen atoms in total. The molecular weight excluding hydrogens is 266 g/mol. The van der Waals surface area contributed by atoms with Gasteiger partial charge in [0.15, 0.2) is 11.4 Å². The molecule has 1 aromatic heterocycles. The maximum Gasteiger partial charge on any atom is 0.326 e. The fourth-order valence-corrected chi connectivity index (χ4v) is 1.48. The van der Waals surface area contributed by atoms with Crippen LogP contribution in [-0.2, 0) is 6.54 Å². The third-order valence-corrected chi connectivity index (χ3v) is 2.71. The van der Waals surface area contributed by atoms with Crippen LogP contribution in [0, 0.1) is 11.5 Å². The number of aromatic amines is 2. The highest BCUT2D eigenvalue weighted by atomic mass is 35.5. The summed E-state index contributed by atoms with van der Waals surface area (Å²) in [6, 6.07) is 0. The van der Waals surface area contributed by atoms with E-state index in [2.05, 4.69) is 15.3 Å². The van der Waals surface area contributed by atoms with Gasteiger partial charge in [-0.25, -0.2) is 4.79 Å². The number of aromatic nitrogens is 2. The third-order valence-electron chi connectivity index (χ3n) is 1.69. The smallest absolute Gasteiger partial charge is 0.308 e. The second kappa shape index (κ2) is 6.12. The van der Waals surface area contributed by atoms with Gasteiger partial charge in [0.2, 0.25) is 0 Å². The standard InChI is InChI=1S/C8H8ClN5O2S/c1-17-8(12-3-10)11-2-4-5(9)6(15)14-7(16)13-4/h2H2,1H3,(H,11,12)(H2,13,14,15,16). The monoisotopic (exact) mass is 273 g/mol. The number of thioether (sulfide) groups is 1. The van der Waals surface area contributed by atoms with Crippen molar-refractivity contribution in [1.82, 2.24) is 15.3 Å². The molecule has 0 bridgehead atoms. The fraction of sp³-hybridized carbons (Fsp3) is 0.250. The number of aliphatic imine (C=N–C) groups is 1. The minimum atomic E-state index is -0.667. The summed E-state index contributed by atoms with van der Waals surface area (Å²) >= 11 is 6.92. The number of nitrogens with zero attached hydrogens (tertiary/aromatic N) is 2.